The number of aromatic nitrogens is 2. The first-order chi connectivity index (χ1) is 15.6. The molecule has 0 aliphatic carbocycles. The fraction of sp³-hybridized carbons (Fsp3) is 0.542. The maximum absolute atomic E-state index is 13.3. The molecule has 1 aliphatic rings. The fourth-order valence-electron chi connectivity index (χ4n) is 3.88. The number of carbonyl (C=O) groups is 1. The number of nitrogens with zero attached hydrogens (tertiary/aromatic N) is 4. The second-order valence-electron chi connectivity index (χ2n) is 8.05. The summed E-state index contributed by atoms with van der Waals surface area (Å²) in [7, 11) is 0. The highest BCUT2D eigenvalue weighted by Gasteiger charge is 2.27. The number of nitrogens with one attached hydrogen (secondary N) is 2. The van der Waals surface area contributed by atoms with Gasteiger partial charge < -0.3 is 20.3 Å². The molecule has 0 radical (unpaired) electrons. The minimum absolute atomic E-state index is 0. The van der Waals surface area contributed by atoms with Crippen molar-refractivity contribution in [2.24, 2.45) is 4.99 Å². The molecule has 8 nitrogen and oxygen atoms in total. The summed E-state index contributed by atoms with van der Waals surface area (Å²) in [5.41, 5.74) is 3.21. The van der Waals surface area contributed by atoms with E-state index in [0.717, 1.165) is 43.3 Å². The van der Waals surface area contributed by atoms with Crippen molar-refractivity contribution in [1.82, 2.24) is 25.3 Å². The largest absolute Gasteiger partial charge is 0.378 e. The molecule has 1 amide bonds. The fourth-order valence-corrected chi connectivity index (χ4v) is 3.88. The molecule has 0 saturated carbocycles. The number of aliphatic imine (C=N–C) groups is 1. The van der Waals surface area contributed by atoms with Gasteiger partial charge in [0.2, 0.25) is 5.91 Å². The van der Waals surface area contributed by atoms with Crippen molar-refractivity contribution >= 4 is 35.8 Å². The molecule has 1 unspecified atom stereocenters. The number of aryl methyl sites for hydroxylation is 3. The summed E-state index contributed by atoms with van der Waals surface area (Å²) in [6.45, 7) is 11.4. The van der Waals surface area contributed by atoms with Crippen molar-refractivity contribution in [2.45, 2.75) is 39.7 Å². The average Bonchev–Trinajstić information content (AvgIpc) is 3.14. The Morgan fingerprint density at radius 2 is 1.91 bits per heavy atom. The van der Waals surface area contributed by atoms with Crippen molar-refractivity contribution in [3.05, 3.63) is 53.3 Å². The molecule has 2 heterocycles. The molecular formula is C24H37IN6O2. The lowest BCUT2D eigenvalue weighted by atomic mass is 9.97. The maximum Gasteiger partial charge on any atom is 0.232 e. The summed E-state index contributed by atoms with van der Waals surface area (Å²) in [4.78, 5) is 19.9. The molecule has 1 saturated heterocycles. The van der Waals surface area contributed by atoms with Crippen LogP contribution in [0, 0.1) is 13.8 Å². The van der Waals surface area contributed by atoms with Gasteiger partial charge >= 0.3 is 0 Å². The Bertz CT molecular complexity index is 880. The normalized spacial score (nSPS) is 15.0. The van der Waals surface area contributed by atoms with E-state index in [9.17, 15) is 4.79 Å². The van der Waals surface area contributed by atoms with Crippen LogP contribution < -0.4 is 10.6 Å². The second-order valence-corrected chi connectivity index (χ2v) is 8.05. The molecule has 9 heteroatoms. The Morgan fingerprint density at radius 1 is 1.18 bits per heavy atom. The second kappa shape index (κ2) is 14.2. The van der Waals surface area contributed by atoms with Crippen molar-refractivity contribution in [1.29, 1.82) is 0 Å². The van der Waals surface area contributed by atoms with Gasteiger partial charge in [-0.05, 0) is 38.8 Å². The van der Waals surface area contributed by atoms with Crippen LogP contribution in [0.15, 0.2) is 41.4 Å². The van der Waals surface area contributed by atoms with E-state index in [2.05, 4.69) is 28.7 Å². The molecule has 1 atom stereocenters. The number of ether oxygens (including phenoxy) is 1. The molecule has 2 aromatic rings. The zero-order chi connectivity index (χ0) is 22.8. The first-order valence-electron chi connectivity index (χ1n) is 11.5. The highest BCUT2D eigenvalue weighted by atomic mass is 127. The Labute approximate surface area is 214 Å². The number of halogens is 1. The molecule has 182 valence electrons. The smallest absolute Gasteiger partial charge is 0.232 e. The molecule has 0 bridgehead atoms. The maximum atomic E-state index is 13.3. The number of morpholine rings is 1. The quantitative estimate of drug-likeness (QED) is 0.211. The number of benzene rings is 1. The van der Waals surface area contributed by atoms with E-state index in [4.69, 9.17) is 9.73 Å². The van der Waals surface area contributed by atoms with Crippen molar-refractivity contribution in [3.8, 4) is 0 Å². The highest BCUT2D eigenvalue weighted by Crippen LogP contribution is 2.20. The zero-order valence-corrected chi connectivity index (χ0v) is 22.2. The van der Waals surface area contributed by atoms with E-state index in [1.54, 1.807) is 0 Å². The Morgan fingerprint density at radius 3 is 2.55 bits per heavy atom. The van der Waals surface area contributed by atoms with Gasteiger partial charge in [0.05, 0.1) is 31.4 Å². The van der Waals surface area contributed by atoms with Gasteiger partial charge in [0, 0.05) is 38.4 Å². The van der Waals surface area contributed by atoms with Crippen molar-refractivity contribution < 1.29 is 9.53 Å². The summed E-state index contributed by atoms with van der Waals surface area (Å²) >= 11 is 0. The van der Waals surface area contributed by atoms with Gasteiger partial charge in [-0.1, -0.05) is 30.3 Å². The predicted octanol–water partition coefficient (Wildman–Crippen LogP) is 2.71. The Balaban J connectivity index is 0.00000385. The van der Waals surface area contributed by atoms with E-state index < -0.39 is 0 Å². The van der Waals surface area contributed by atoms with Crippen LogP contribution in [0.25, 0.3) is 0 Å². The predicted molar refractivity (Wildman–Crippen MR) is 142 cm³/mol. The van der Waals surface area contributed by atoms with Gasteiger partial charge in [-0.2, -0.15) is 5.10 Å². The highest BCUT2D eigenvalue weighted by molar-refractivity contribution is 14.0. The lowest BCUT2D eigenvalue weighted by Crippen LogP contribution is -2.44. The summed E-state index contributed by atoms with van der Waals surface area (Å²) in [6.07, 6.45) is 0.932. The van der Waals surface area contributed by atoms with Crippen LogP contribution in [0.2, 0.25) is 0 Å². The SMILES string of the molecule is CCNC(=NCC(C(=O)N1CCOCC1)c1ccccc1)NCCCn1nc(C)cc1C.I. The van der Waals surface area contributed by atoms with Crippen LogP contribution in [0.1, 0.15) is 36.2 Å². The lowest BCUT2D eigenvalue weighted by Gasteiger charge is -2.30. The van der Waals surface area contributed by atoms with Crippen LogP contribution in [0.5, 0.6) is 0 Å². The Hall–Kier alpha value is -2.14. The third kappa shape index (κ3) is 8.29. The number of amides is 1. The molecule has 1 aromatic carbocycles. The molecule has 0 spiro atoms. The molecule has 1 aliphatic heterocycles. The minimum atomic E-state index is -0.306. The van der Waals surface area contributed by atoms with E-state index in [1.807, 2.05) is 53.8 Å². The first-order valence-corrected chi connectivity index (χ1v) is 11.5. The van der Waals surface area contributed by atoms with Gasteiger partial charge in [0.1, 0.15) is 0 Å². The van der Waals surface area contributed by atoms with Gasteiger partial charge in [0.15, 0.2) is 5.96 Å². The zero-order valence-electron chi connectivity index (χ0n) is 19.9. The Kier molecular flexibility index (Phi) is 11.7. The van der Waals surface area contributed by atoms with E-state index in [-0.39, 0.29) is 35.8 Å². The van der Waals surface area contributed by atoms with E-state index in [1.165, 1.54) is 5.69 Å². The number of hydrogen-bond acceptors (Lipinski definition) is 4. The topological polar surface area (TPSA) is 83.8 Å². The molecule has 1 aromatic heterocycles. The van der Waals surface area contributed by atoms with Gasteiger partial charge in [-0.15, -0.1) is 24.0 Å². The first kappa shape index (κ1) is 27.1. The third-order valence-electron chi connectivity index (χ3n) is 5.54. The van der Waals surface area contributed by atoms with Gasteiger partial charge in [-0.25, -0.2) is 0 Å². The summed E-state index contributed by atoms with van der Waals surface area (Å²) in [6, 6.07) is 12.0. The number of carbonyl (C=O) groups excluding carboxylic acids is 1. The molecule has 33 heavy (non-hydrogen) atoms. The number of rotatable bonds is 9. The summed E-state index contributed by atoms with van der Waals surface area (Å²) < 4.78 is 7.45. The number of guanidine groups is 1. The van der Waals surface area contributed by atoms with Gasteiger partial charge in [-0.3, -0.25) is 14.5 Å². The standard InChI is InChI=1S/C24H36N6O2.HI/c1-4-25-24(26-11-8-12-30-20(3)17-19(2)28-30)27-18-22(21-9-6-5-7-10-21)23(31)29-13-15-32-16-14-29;/h5-7,9-10,17,22H,4,8,11-16,18H2,1-3H3,(H2,25,26,27);1H. The third-order valence-corrected chi connectivity index (χ3v) is 5.54. The van der Waals surface area contributed by atoms with Gasteiger partial charge in [0.25, 0.3) is 0 Å². The van der Waals surface area contributed by atoms with E-state index in [0.29, 0.717) is 32.8 Å². The van der Waals surface area contributed by atoms with E-state index >= 15 is 0 Å². The van der Waals surface area contributed by atoms with Crippen LogP contribution in [0.3, 0.4) is 0 Å². The van der Waals surface area contributed by atoms with Crippen LogP contribution >= 0.6 is 24.0 Å². The van der Waals surface area contributed by atoms with Crippen LogP contribution in [0.4, 0.5) is 0 Å². The number of hydrogen-bond donors (Lipinski definition) is 2. The van der Waals surface area contributed by atoms with Crippen LogP contribution in [-0.4, -0.2) is 72.5 Å². The lowest BCUT2D eigenvalue weighted by molar-refractivity contribution is -0.136. The molecule has 2 N–H and O–H groups in total. The summed E-state index contributed by atoms with van der Waals surface area (Å²) in [5.74, 6) is 0.541. The monoisotopic (exact) mass is 568 g/mol. The van der Waals surface area contributed by atoms with Crippen molar-refractivity contribution in [3.63, 3.8) is 0 Å². The summed E-state index contributed by atoms with van der Waals surface area (Å²) in [5, 5.41) is 11.2. The molecular weight excluding hydrogens is 531 g/mol. The molecule has 1 fully saturated rings. The van der Waals surface area contributed by atoms with Crippen LogP contribution in [-0.2, 0) is 16.1 Å². The van der Waals surface area contributed by atoms with Crippen molar-refractivity contribution in [2.75, 3.05) is 45.9 Å². The minimum Gasteiger partial charge on any atom is -0.378 e. The molecule has 3 rings (SSSR count). The average molecular weight is 569 g/mol.